The zero-order valence-electron chi connectivity index (χ0n) is 22.0. The number of ether oxygens (including phenoxy) is 6. The number of para-hydroxylation sites is 1. The third kappa shape index (κ3) is 7.79. The van der Waals surface area contributed by atoms with Gasteiger partial charge in [-0.05, 0) is 41.8 Å². The zero-order valence-corrected chi connectivity index (χ0v) is 22.0. The minimum Gasteiger partial charge on any atom is -0.489 e. The molecule has 0 radical (unpaired) electrons. The van der Waals surface area contributed by atoms with E-state index in [1.807, 2.05) is 49.4 Å². The highest BCUT2D eigenvalue weighted by atomic mass is 16.7. The van der Waals surface area contributed by atoms with Gasteiger partial charge in [-0.1, -0.05) is 30.3 Å². The second kappa shape index (κ2) is 13.0. The van der Waals surface area contributed by atoms with Gasteiger partial charge in [-0.2, -0.15) is 0 Å². The molecule has 1 heterocycles. The molecule has 38 heavy (non-hydrogen) atoms. The first-order valence-corrected chi connectivity index (χ1v) is 12.1. The Morgan fingerprint density at radius 2 is 1.37 bits per heavy atom. The number of hydrogen-bond donors (Lipinski definition) is 0. The molecular weight excluding hydrogens is 496 g/mol. The SMILES string of the molecule is CC(=O)OCC1OC(c2ccc(C)c(COc3ccccc3)c2)C(OC(C)=O)C(OC(C)=O)C1OC(C)=O. The minimum atomic E-state index is -1.23. The fourth-order valence-electron chi connectivity index (χ4n) is 4.20. The molecule has 10 nitrogen and oxygen atoms in total. The van der Waals surface area contributed by atoms with Crippen LogP contribution < -0.4 is 4.74 Å². The summed E-state index contributed by atoms with van der Waals surface area (Å²) < 4.78 is 33.9. The monoisotopic (exact) mass is 528 g/mol. The van der Waals surface area contributed by atoms with Gasteiger partial charge in [0.25, 0.3) is 0 Å². The van der Waals surface area contributed by atoms with E-state index in [2.05, 4.69) is 0 Å². The van der Waals surface area contributed by atoms with Crippen LogP contribution in [0.25, 0.3) is 0 Å². The van der Waals surface area contributed by atoms with Gasteiger partial charge < -0.3 is 28.4 Å². The van der Waals surface area contributed by atoms with E-state index in [1.54, 1.807) is 6.07 Å². The van der Waals surface area contributed by atoms with Gasteiger partial charge in [0.2, 0.25) is 0 Å². The van der Waals surface area contributed by atoms with Gasteiger partial charge in [0.05, 0.1) is 0 Å². The number of carbonyl (C=O) groups is 4. The molecule has 1 fully saturated rings. The number of benzene rings is 2. The molecule has 0 aromatic heterocycles. The predicted molar refractivity (Wildman–Crippen MR) is 133 cm³/mol. The maximum atomic E-state index is 12.1. The highest BCUT2D eigenvalue weighted by Gasteiger charge is 2.52. The maximum absolute atomic E-state index is 12.1. The summed E-state index contributed by atoms with van der Waals surface area (Å²) in [4.78, 5) is 47.7. The normalized spacial score (nSPS) is 22.6. The summed E-state index contributed by atoms with van der Waals surface area (Å²) in [6, 6.07) is 14.8. The standard InChI is InChI=1S/C28H32O10/c1-16-11-12-21(13-22(16)14-34-23-9-7-6-8-10-23)25-27(36-19(4)31)28(37-20(5)32)26(35-18(3)30)24(38-25)15-33-17(2)29/h6-13,24-28H,14-15H2,1-5H3. The van der Waals surface area contributed by atoms with E-state index in [1.165, 1.54) is 27.7 Å². The molecular formula is C28H32O10. The molecule has 2 aromatic carbocycles. The Balaban J connectivity index is 2.01. The first-order valence-electron chi connectivity index (χ1n) is 12.1. The van der Waals surface area contributed by atoms with Crippen LogP contribution in [0.15, 0.2) is 48.5 Å². The van der Waals surface area contributed by atoms with Crippen molar-refractivity contribution in [2.45, 2.75) is 71.7 Å². The summed E-state index contributed by atoms with van der Waals surface area (Å²) in [5.41, 5.74) is 2.40. The van der Waals surface area contributed by atoms with Gasteiger partial charge in [0.1, 0.15) is 31.2 Å². The Morgan fingerprint density at radius 1 is 0.763 bits per heavy atom. The van der Waals surface area contributed by atoms with Crippen LogP contribution in [0.4, 0.5) is 0 Å². The van der Waals surface area contributed by atoms with E-state index in [9.17, 15) is 19.2 Å². The number of carbonyl (C=O) groups excluding carboxylic acids is 4. The van der Waals surface area contributed by atoms with Gasteiger partial charge in [-0.15, -0.1) is 0 Å². The largest absolute Gasteiger partial charge is 0.489 e. The van der Waals surface area contributed by atoms with Crippen LogP contribution in [0.5, 0.6) is 5.75 Å². The Morgan fingerprint density at radius 3 is 1.97 bits per heavy atom. The molecule has 3 rings (SSSR count). The summed E-state index contributed by atoms with van der Waals surface area (Å²) >= 11 is 0. The van der Waals surface area contributed by atoms with E-state index in [-0.39, 0.29) is 13.2 Å². The Labute approximate surface area is 221 Å². The molecule has 5 atom stereocenters. The molecule has 5 unspecified atom stereocenters. The average Bonchev–Trinajstić information content (AvgIpc) is 2.84. The predicted octanol–water partition coefficient (Wildman–Crippen LogP) is 3.37. The lowest BCUT2D eigenvalue weighted by molar-refractivity contribution is -0.254. The molecule has 0 bridgehead atoms. The highest BCUT2D eigenvalue weighted by molar-refractivity contribution is 5.69. The summed E-state index contributed by atoms with van der Waals surface area (Å²) in [6.45, 7) is 6.71. The summed E-state index contributed by atoms with van der Waals surface area (Å²) in [7, 11) is 0. The van der Waals surface area contributed by atoms with Gasteiger partial charge in [-0.3, -0.25) is 19.2 Å². The number of aryl methyl sites for hydroxylation is 1. The van der Waals surface area contributed by atoms with Crippen LogP contribution in [0, 0.1) is 6.92 Å². The van der Waals surface area contributed by atoms with Crippen molar-refractivity contribution >= 4 is 23.9 Å². The van der Waals surface area contributed by atoms with Crippen LogP contribution in [0.1, 0.15) is 50.5 Å². The van der Waals surface area contributed by atoms with Crippen LogP contribution in [-0.4, -0.2) is 54.9 Å². The molecule has 1 aliphatic rings. The van der Waals surface area contributed by atoms with E-state index < -0.39 is 54.4 Å². The quantitative estimate of drug-likeness (QED) is 0.353. The van der Waals surface area contributed by atoms with E-state index in [0.29, 0.717) is 11.3 Å². The molecule has 204 valence electrons. The second-order valence-electron chi connectivity index (χ2n) is 8.91. The van der Waals surface area contributed by atoms with Crippen LogP contribution in [0.2, 0.25) is 0 Å². The Bertz CT molecular complexity index is 1150. The molecule has 10 heteroatoms. The van der Waals surface area contributed by atoms with Crippen molar-refractivity contribution in [2.75, 3.05) is 6.61 Å². The summed E-state index contributed by atoms with van der Waals surface area (Å²) in [6.07, 6.45) is -5.58. The zero-order chi connectivity index (χ0) is 27.8. The van der Waals surface area contributed by atoms with Gasteiger partial charge >= 0.3 is 23.9 Å². The lowest BCUT2D eigenvalue weighted by Crippen LogP contribution is -2.59. The van der Waals surface area contributed by atoms with Gasteiger partial charge in [0.15, 0.2) is 18.3 Å². The molecule has 1 aliphatic heterocycles. The van der Waals surface area contributed by atoms with Crippen LogP contribution in [0.3, 0.4) is 0 Å². The van der Waals surface area contributed by atoms with Crippen molar-refractivity contribution in [1.29, 1.82) is 0 Å². The number of rotatable bonds is 9. The average molecular weight is 529 g/mol. The lowest BCUT2D eigenvalue weighted by Gasteiger charge is -2.44. The van der Waals surface area contributed by atoms with E-state index >= 15 is 0 Å². The van der Waals surface area contributed by atoms with Crippen molar-refractivity contribution in [3.05, 3.63) is 65.2 Å². The fraction of sp³-hybridized carbons (Fsp3) is 0.429. The number of hydrogen-bond acceptors (Lipinski definition) is 10. The lowest BCUT2D eigenvalue weighted by atomic mass is 9.89. The molecule has 2 aromatic rings. The topological polar surface area (TPSA) is 124 Å². The van der Waals surface area contributed by atoms with Crippen molar-refractivity contribution in [2.24, 2.45) is 0 Å². The van der Waals surface area contributed by atoms with Gasteiger partial charge in [-0.25, -0.2) is 0 Å². The third-order valence-corrected chi connectivity index (χ3v) is 5.83. The first-order chi connectivity index (χ1) is 18.0. The molecule has 0 N–H and O–H groups in total. The van der Waals surface area contributed by atoms with Crippen LogP contribution >= 0.6 is 0 Å². The molecule has 0 amide bonds. The minimum absolute atomic E-state index is 0.259. The first kappa shape index (κ1) is 28.6. The summed E-state index contributed by atoms with van der Waals surface area (Å²) in [5.74, 6) is -1.89. The highest BCUT2D eigenvalue weighted by Crippen LogP contribution is 2.38. The Kier molecular flexibility index (Phi) is 9.84. The molecule has 1 saturated heterocycles. The van der Waals surface area contributed by atoms with Crippen molar-refractivity contribution in [3.8, 4) is 5.75 Å². The summed E-state index contributed by atoms with van der Waals surface area (Å²) in [5, 5.41) is 0. The Hall–Kier alpha value is -3.92. The van der Waals surface area contributed by atoms with E-state index in [4.69, 9.17) is 28.4 Å². The molecule has 0 spiro atoms. The third-order valence-electron chi connectivity index (χ3n) is 5.83. The van der Waals surface area contributed by atoms with Crippen molar-refractivity contribution in [3.63, 3.8) is 0 Å². The molecule has 0 aliphatic carbocycles. The number of esters is 4. The van der Waals surface area contributed by atoms with Crippen LogP contribution in [-0.2, 0) is 49.5 Å². The maximum Gasteiger partial charge on any atom is 0.303 e. The smallest absolute Gasteiger partial charge is 0.303 e. The second-order valence-corrected chi connectivity index (χ2v) is 8.91. The van der Waals surface area contributed by atoms with Gasteiger partial charge in [0, 0.05) is 27.7 Å². The van der Waals surface area contributed by atoms with E-state index in [0.717, 1.165) is 11.1 Å². The van der Waals surface area contributed by atoms with Crippen molar-refractivity contribution in [1.82, 2.24) is 0 Å². The fourth-order valence-corrected chi connectivity index (χ4v) is 4.20. The van der Waals surface area contributed by atoms with Crippen molar-refractivity contribution < 1.29 is 47.6 Å². The molecule has 0 saturated carbocycles.